The van der Waals surface area contributed by atoms with Crippen LogP contribution in [0.2, 0.25) is 0 Å². The van der Waals surface area contributed by atoms with Gasteiger partial charge in [-0.15, -0.1) is 0 Å². The van der Waals surface area contributed by atoms with Crippen molar-refractivity contribution in [1.82, 2.24) is 0 Å². The SMILES string of the molecule is CCOCC12CCC(C)CC1CCC1C3CCC(O)C3(C)CCC12. The fraction of sp³-hybridized carbons (Fsp3) is 1.00. The molecule has 2 heteroatoms. The van der Waals surface area contributed by atoms with Gasteiger partial charge in [0.1, 0.15) is 0 Å². The zero-order valence-corrected chi connectivity index (χ0v) is 16.1. The number of ether oxygens (including phenoxy) is 1. The molecule has 0 bridgehead atoms. The van der Waals surface area contributed by atoms with Crippen LogP contribution in [0.1, 0.15) is 78.6 Å². The van der Waals surface area contributed by atoms with Gasteiger partial charge in [-0.25, -0.2) is 0 Å². The Labute approximate surface area is 148 Å². The van der Waals surface area contributed by atoms with Crippen LogP contribution in [-0.2, 0) is 4.74 Å². The lowest BCUT2D eigenvalue weighted by molar-refractivity contribution is -0.159. The average molecular weight is 335 g/mol. The maximum absolute atomic E-state index is 10.6. The van der Waals surface area contributed by atoms with Gasteiger partial charge in [0.15, 0.2) is 0 Å². The molecule has 4 rings (SSSR count). The second kappa shape index (κ2) is 6.27. The zero-order valence-electron chi connectivity index (χ0n) is 16.1. The standard InChI is InChI=1S/C22H38O2/c1-4-24-14-22-12-9-15(2)13-16(22)5-6-17-18-7-8-20(23)21(18,3)11-10-19(17)22/h15-20,23H,4-14H2,1-3H3. The summed E-state index contributed by atoms with van der Waals surface area (Å²) in [6, 6.07) is 0. The van der Waals surface area contributed by atoms with E-state index in [1.165, 1.54) is 51.4 Å². The lowest BCUT2D eigenvalue weighted by atomic mass is 9.44. The predicted molar refractivity (Wildman–Crippen MR) is 97.7 cm³/mol. The van der Waals surface area contributed by atoms with Crippen molar-refractivity contribution in [2.45, 2.75) is 84.7 Å². The van der Waals surface area contributed by atoms with E-state index in [0.29, 0.717) is 5.41 Å². The van der Waals surface area contributed by atoms with Crippen molar-refractivity contribution in [3.05, 3.63) is 0 Å². The minimum absolute atomic E-state index is 0.0459. The monoisotopic (exact) mass is 334 g/mol. The van der Waals surface area contributed by atoms with Gasteiger partial charge in [-0.3, -0.25) is 0 Å². The molecule has 0 amide bonds. The summed E-state index contributed by atoms with van der Waals surface area (Å²) in [5, 5.41) is 10.6. The van der Waals surface area contributed by atoms with Gasteiger partial charge in [-0.1, -0.05) is 20.3 Å². The summed E-state index contributed by atoms with van der Waals surface area (Å²) in [6.45, 7) is 8.88. The highest BCUT2D eigenvalue weighted by atomic mass is 16.5. The van der Waals surface area contributed by atoms with E-state index in [4.69, 9.17) is 4.74 Å². The van der Waals surface area contributed by atoms with Gasteiger partial charge in [0.05, 0.1) is 12.7 Å². The van der Waals surface area contributed by atoms with Gasteiger partial charge in [-0.2, -0.15) is 0 Å². The van der Waals surface area contributed by atoms with Crippen molar-refractivity contribution in [2.24, 2.45) is 40.4 Å². The number of hydrogen-bond donors (Lipinski definition) is 1. The van der Waals surface area contributed by atoms with Crippen molar-refractivity contribution in [3.63, 3.8) is 0 Å². The Morgan fingerprint density at radius 2 is 1.83 bits per heavy atom. The zero-order chi connectivity index (χ0) is 16.9. The molecule has 4 aliphatic rings. The largest absolute Gasteiger partial charge is 0.393 e. The Morgan fingerprint density at radius 1 is 1.00 bits per heavy atom. The van der Waals surface area contributed by atoms with Crippen LogP contribution in [0.4, 0.5) is 0 Å². The second-order valence-electron chi connectivity index (χ2n) is 10.0. The molecule has 0 aromatic carbocycles. The highest BCUT2D eigenvalue weighted by molar-refractivity contribution is 5.10. The van der Waals surface area contributed by atoms with E-state index in [1.54, 1.807) is 0 Å². The normalized spacial score (nSPS) is 54.0. The van der Waals surface area contributed by atoms with Crippen LogP contribution in [0.15, 0.2) is 0 Å². The lowest BCUT2D eigenvalue weighted by Crippen LogP contribution is -2.56. The smallest absolute Gasteiger partial charge is 0.0596 e. The third-order valence-electron chi connectivity index (χ3n) is 9.15. The molecule has 4 aliphatic carbocycles. The first-order valence-electron chi connectivity index (χ1n) is 10.8. The maximum atomic E-state index is 10.6. The van der Waals surface area contributed by atoms with Crippen molar-refractivity contribution in [1.29, 1.82) is 0 Å². The molecule has 1 N–H and O–H groups in total. The van der Waals surface area contributed by atoms with E-state index in [-0.39, 0.29) is 11.5 Å². The molecule has 0 aliphatic heterocycles. The molecule has 0 aromatic rings. The van der Waals surface area contributed by atoms with E-state index in [9.17, 15) is 5.11 Å². The summed E-state index contributed by atoms with van der Waals surface area (Å²) < 4.78 is 6.13. The van der Waals surface area contributed by atoms with E-state index >= 15 is 0 Å². The number of rotatable bonds is 3. The third-order valence-corrected chi connectivity index (χ3v) is 9.15. The summed E-state index contributed by atoms with van der Waals surface area (Å²) in [4.78, 5) is 0. The fourth-order valence-corrected chi connectivity index (χ4v) is 7.81. The van der Waals surface area contributed by atoms with Gasteiger partial charge in [-0.05, 0) is 98.7 Å². The molecule has 138 valence electrons. The molecule has 8 unspecified atom stereocenters. The van der Waals surface area contributed by atoms with E-state index in [0.717, 1.165) is 49.2 Å². The summed E-state index contributed by atoms with van der Waals surface area (Å²) in [5.41, 5.74) is 0.670. The average Bonchev–Trinajstić information content (AvgIpc) is 2.88. The first-order chi connectivity index (χ1) is 11.5. The molecule has 2 nitrogen and oxygen atoms in total. The summed E-state index contributed by atoms with van der Waals surface area (Å²) in [6.07, 6.45) is 11.9. The quantitative estimate of drug-likeness (QED) is 0.783. The van der Waals surface area contributed by atoms with Crippen molar-refractivity contribution in [3.8, 4) is 0 Å². The first-order valence-corrected chi connectivity index (χ1v) is 10.8. The number of fused-ring (bicyclic) bond motifs is 5. The highest BCUT2D eigenvalue weighted by Crippen LogP contribution is 2.66. The second-order valence-corrected chi connectivity index (χ2v) is 10.0. The molecular weight excluding hydrogens is 296 g/mol. The Morgan fingerprint density at radius 3 is 2.62 bits per heavy atom. The van der Waals surface area contributed by atoms with Gasteiger partial charge in [0.2, 0.25) is 0 Å². The topological polar surface area (TPSA) is 29.5 Å². The van der Waals surface area contributed by atoms with E-state index < -0.39 is 0 Å². The Kier molecular flexibility index (Phi) is 4.53. The van der Waals surface area contributed by atoms with Gasteiger partial charge >= 0.3 is 0 Å². The lowest BCUT2D eigenvalue weighted by Gasteiger charge is -2.61. The molecule has 0 radical (unpaired) electrons. The molecule has 4 fully saturated rings. The number of aliphatic hydroxyl groups excluding tert-OH is 1. The molecule has 0 aromatic heterocycles. The van der Waals surface area contributed by atoms with Crippen LogP contribution in [0.3, 0.4) is 0 Å². The van der Waals surface area contributed by atoms with Gasteiger partial charge in [0.25, 0.3) is 0 Å². The molecule has 0 saturated heterocycles. The van der Waals surface area contributed by atoms with Crippen molar-refractivity contribution >= 4 is 0 Å². The minimum atomic E-state index is -0.0459. The highest BCUT2D eigenvalue weighted by Gasteiger charge is 2.61. The molecular formula is C22H38O2. The van der Waals surface area contributed by atoms with E-state index in [2.05, 4.69) is 20.8 Å². The van der Waals surface area contributed by atoms with E-state index in [1.807, 2.05) is 0 Å². The summed E-state index contributed by atoms with van der Waals surface area (Å²) in [7, 11) is 0. The fourth-order valence-electron chi connectivity index (χ4n) is 7.81. The van der Waals surface area contributed by atoms with Gasteiger partial charge < -0.3 is 9.84 Å². The Balaban J connectivity index is 1.64. The molecule has 4 saturated carbocycles. The van der Waals surface area contributed by atoms with Gasteiger partial charge in [0, 0.05) is 6.61 Å². The number of aliphatic hydroxyl groups is 1. The van der Waals surface area contributed by atoms with Crippen LogP contribution in [-0.4, -0.2) is 24.4 Å². The van der Waals surface area contributed by atoms with Crippen molar-refractivity contribution in [2.75, 3.05) is 13.2 Å². The minimum Gasteiger partial charge on any atom is -0.393 e. The molecule has 8 atom stereocenters. The first kappa shape index (κ1) is 17.3. The Hall–Kier alpha value is -0.0800. The molecule has 24 heavy (non-hydrogen) atoms. The van der Waals surface area contributed by atoms with Crippen LogP contribution in [0, 0.1) is 40.4 Å². The summed E-state index contributed by atoms with van der Waals surface area (Å²) in [5.74, 6) is 4.28. The Bertz CT molecular complexity index is 459. The molecule has 0 spiro atoms. The van der Waals surface area contributed by atoms with Crippen LogP contribution < -0.4 is 0 Å². The maximum Gasteiger partial charge on any atom is 0.0596 e. The third kappa shape index (κ3) is 2.42. The van der Waals surface area contributed by atoms with Crippen LogP contribution in [0.5, 0.6) is 0 Å². The van der Waals surface area contributed by atoms with Crippen LogP contribution in [0.25, 0.3) is 0 Å². The number of hydrogen-bond acceptors (Lipinski definition) is 2. The molecule has 0 heterocycles. The predicted octanol–water partition coefficient (Wildman–Crippen LogP) is 5.04. The summed E-state index contributed by atoms with van der Waals surface area (Å²) >= 11 is 0. The van der Waals surface area contributed by atoms with Crippen LogP contribution >= 0.6 is 0 Å². The van der Waals surface area contributed by atoms with Crippen molar-refractivity contribution < 1.29 is 9.84 Å².